The molecule has 1 aromatic carbocycles. The van der Waals surface area contributed by atoms with E-state index in [-0.39, 0.29) is 5.41 Å². The summed E-state index contributed by atoms with van der Waals surface area (Å²) in [6, 6.07) is 10.3. The van der Waals surface area contributed by atoms with Gasteiger partial charge in [0.05, 0.1) is 0 Å². The Morgan fingerprint density at radius 1 is 1.16 bits per heavy atom. The van der Waals surface area contributed by atoms with Crippen molar-refractivity contribution < 1.29 is 5.11 Å². The Morgan fingerprint density at radius 2 is 1.74 bits per heavy atom. The molecule has 0 aliphatic rings. The van der Waals surface area contributed by atoms with Crippen molar-refractivity contribution in [2.45, 2.75) is 39.2 Å². The number of aliphatic hydroxyl groups excluding tert-OH is 1. The summed E-state index contributed by atoms with van der Waals surface area (Å²) in [5.74, 6) is 0. The molecule has 0 saturated carbocycles. The van der Waals surface area contributed by atoms with E-state index in [4.69, 9.17) is 0 Å². The first-order chi connectivity index (χ1) is 8.79. The zero-order valence-electron chi connectivity index (χ0n) is 11.7. The second kappa shape index (κ2) is 5.39. The Bertz CT molecular complexity index is 544. The number of thiophene rings is 1. The van der Waals surface area contributed by atoms with E-state index >= 15 is 0 Å². The minimum Gasteiger partial charge on any atom is -0.383 e. The molecule has 1 atom stereocenters. The van der Waals surface area contributed by atoms with Crippen LogP contribution in [0, 0.1) is 6.92 Å². The molecule has 0 fully saturated rings. The highest BCUT2D eigenvalue weighted by atomic mass is 79.9. The molecule has 0 bridgehead atoms. The van der Waals surface area contributed by atoms with Crippen LogP contribution in [0.2, 0.25) is 0 Å². The van der Waals surface area contributed by atoms with Crippen LogP contribution in [0.3, 0.4) is 0 Å². The molecule has 2 aromatic rings. The minimum atomic E-state index is -0.538. The molecular formula is C16H19BrOS. The molecule has 0 saturated heterocycles. The van der Waals surface area contributed by atoms with Gasteiger partial charge in [-0.15, -0.1) is 11.3 Å². The lowest BCUT2D eigenvalue weighted by atomic mass is 9.86. The van der Waals surface area contributed by atoms with Gasteiger partial charge in [0.25, 0.3) is 0 Å². The molecule has 3 heteroatoms. The fourth-order valence-corrected chi connectivity index (χ4v) is 3.52. The molecule has 1 aromatic heterocycles. The second-order valence-electron chi connectivity index (χ2n) is 5.83. The van der Waals surface area contributed by atoms with E-state index in [1.54, 1.807) is 11.3 Å². The van der Waals surface area contributed by atoms with Gasteiger partial charge in [-0.1, -0.05) is 45.0 Å². The van der Waals surface area contributed by atoms with Crippen molar-refractivity contribution in [2.75, 3.05) is 0 Å². The Labute approximate surface area is 127 Å². The zero-order valence-corrected chi connectivity index (χ0v) is 14.1. The fourth-order valence-electron chi connectivity index (χ4n) is 1.95. The van der Waals surface area contributed by atoms with E-state index in [1.165, 1.54) is 10.4 Å². The van der Waals surface area contributed by atoms with Crippen molar-refractivity contribution in [3.8, 4) is 0 Å². The molecule has 0 spiro atoms. The standard InChI is InChI=1S/C16H19BrOS/c1-10-13(17)9-14(19-10)15(18)11-5-7-12(8-6-11)16(2,3)4/h5-9,15,18H,1-4H3. The Kier molecular flexibility index (Phi) is 4.19. The van der Waals surface area contributed by atoms with Crippen molar-refractivity contribution in [1.29, 1.82) is 0 Å². The van der Waals surface area contributed by atoms with Gasteiger partial charge in [-0.3, -0.25) is 0 Å². The average molecular weight is 339 g/mol. The van der Waals surface area contributed by atoms with Gasteiger partial charge < -0.3 is 5.11 Å². The summed E-state index contributed by atoms with van der Waals surface area (Å²) in [5, 5.41) is 10.4. The lowest BCUT2D eigenvalue weighted by molar-refractivity contribution is 0.224. The molecular weight excluding hydrogens is 320 g/mol. The number of rotatable bonds is 2. The van der Waals surface area contributed by atoms with Crippen LogP contribution in [-0.2, 0) is 5.41 Å². The topological polar surface area (TPSA) is 20.2 Å². The maximum Gasteiger partial charge on any atom is 0.113 e. The van der Waals surface area contributed by atoms with Crippen LogP contribution in [0.15, 0.2) is 34.8 Å². The molecule has 0 radical (unpaired) electrons. The summed E-state index contributed by atoms with van der Waals surface area (Å²) in [6.07, 6.45) is -0.538. The summed E-state index contributed by atoms with van der Waals surface area (Å²) in [4.78, 5) is 2.17. The average Bonchev–Trinajstić information content (AvgIpc) is 2.68. The van der Waals surface area contributed by atoms with Crippen LogP contribution in [0.4, 0.5) is 0 Å². The molecule has 0 aliphatic carbocycles. The van der Waals surface area contributed by atoms with Gasteiger partial charge in [0.2, 0.25) is 0 Å². The van der Waals surface area contributed by atoms with E-state index in [0.29, 0.717) is 0 Å². The molecule has 1 unspecified atom stereocenters. The maximum atomic E-state index is 10.4. The van der Waals surface area contributed by atoms with Gasteiger partial charge >= 0.3 is 0 Å². The number of benzene rings is 1. The van der Waals surface area contributed by atoms with E-state index in [9.17, 15) is 5.11 Å². The normalized spacial score (nSPS) is 13.6. The number of aliphatic hydroxyl groups is 1. The highest BCUT2D eigenvalue weighted by Gasteiger charge is 2.17. The summed E-state index contributed by atoms with van der Waals surface area (Å²) in [5.41, 5.74) is 2.38. The van der Waals surface area contributed by atoms with Crippen LogP contribution < -0.4 is 0 Å². The van der Waals surface area contributed by atoms with Gasteiger partial charge in [-0.2, -0.15) is 0 Å². The van der Waals surface area contributed by atoms with Crippen molar-refractivity contribution in [1.82, 2.24) is 0 Å². The largest absolute Gasteiger partial charge is 0.383 e. The third-order valence-electron chi connectivity index (χ3n) is 3.24. The summed E-state index contributed by atoms with van der Waals surface area (Å²) in [7, 11) is 0. The van der Waals surface area contributed by atoms with Gasteiger partial charge in [0.1, 0.15) is 6.10 Å². The van der Waals surface area contributed by atoms with Crippen LogP contribution in [0.5, 0.6) is 0 Å². The van der Waals surface area contributed by atoms with Gasteiger partial charge in [0, 0.05) is 14.2 Å². The van der Waals surface area contributed by atoms with Crippen LogP contribution in [0.25, 0.3) is 0 Å². The summed E-state index contributed by atoms with van der Waals surface area (Å²) < 4.78 is 1.07. The van der Waals surface area contributed by atoms with Crippen molar-refractivity contribution in [3.63, 3.8) is 0 Å². The van der Waals surface area contributed by atoms with Crippen LogP contribution >= 0.6 is 27.3 Å². The van der Waals surface area contributed by atoms with Crippen molar-refractivity contribution >= 4 is 27.3 Å². The monoisotopic (exact) mass is 338 g/mol. The molecule has 1 heterocycles. The second-order valence-corrected chi connectivity index (χ2v) is 7.97. The lowest BCUT2D eigenvalue weighted by Gasteiger charge is -2.19. The molecule has 0 amide bonds. The van der Waals surface area contributed by atoms with Crippen LogP contribution in [0.1, 0.15) is 47.8 Å². The summed E-state index contributed by atoms with van der Waals surface area (Å²) >= 11 is 5.12. The third-order valence-corrected chi connectivity index (χ3v) is 5.43. The lowest BCUT2D eigenvalue weighted by Crippen LogP contribution is -2.11. The molecule has 1 N–H and O–H groups in total. The van der Waals surface area contributed by atoms with Crippen molar-refractivity contribution in [2.24, 2.45) is 0 Å². The molecule has 2 rings (SSSR count). The van der Waals surface area contributed by atoms with E-state index in [1.807, 2.05) is 25.1 Å². The Morgan fingerprint density at radius 3 is 2.16 bits per heavy atom. The maximum absolute atomic E-state index is 10.4. The highest BCUT2D eigenvalue weighted by Crippen LogP contribution is 2.34. The van der Waals surface area contributed by atoms with E-state index in [0.717, 1.165) is 14.9 Å². The van der Waals surface area contributed by atoms with E-state index < -0.39 is 6.10 Å². The first-order valence-electron chi connectivity index (χ1n) is 6.33. The SMILES string of the molecule is Cc1sc(C(O)c2ccc(C(C)(C)C)cc2)cc1Br. The van der Waals surface area contributed by atoms with Crippen molar-refractivity contribution in [3.05, 3.63) is 55.7 Å². The summed E-state index contributed by atoms with van der Waals surface area (Å²) in [6.45, 7) is 8.63. The quantitative estimate of drug-likeness (QED) is 0.797. The zero-order chi connectivity index (χ0) is 14.2. The van der Waals surface area contributed by atoms with Gasteiger partial charge in [-0.05, 0) is 45.5 Å². The first-order valence-corrected chi connectivity index (χ1v) is 7.94. The molecule has 1 nitrogen and oxygen atoms in total. The Hall–Kier alpha value is -0.640. The Balaban J connectivity index is 2.27. The number of aryl methyl sites for hydroxylation is 1. The first kappa shape index (κ1) is 14.8. The highest BCUT2D eigenvalue weighted by molar-refractivity contribution is 9.10. The molecule has 102 valence electrons. The van der Waals surface area contributed by atoms with Gasteiger partial charge in [0.15, 0.2) is 0 Å². The number of halogens is 1. The van der Waals surface area contributed by atoms with E-state index in [2.05, 4.69) is 48.8 Å². The molecule has 19 heavy (non-hydrogen) atoms. The smallest absolute Gasteiger partial charge is 0.113 e. The molecule has 0 aliphatic heterocycles. The van der Waals surface area contributed by atoms with Crippen LogP contribution in [-0.4, -0.2) is 5.11 Å². The number of hydrogen-bond donors (Lipinski definition) is 1. The number of hydrogen-bond acceptors (Lipinski definition) is 2. The minimum absolute atomic E-state index is 0.145. The predicted octanol–water partition coefficient (Wildman–Crippen LogP) is 5.20. The predicted molar refractivity (Wildman–Crippen MR) is 86.0 cm³/mol. The fraction of sp³-hybridized carbons (Fsp3) is 0.375. The van der Waals surface area contributed by atoms with Gasteiger partial charge in [-0.25, -0.2) is 0 Å². The third kappa shape index (κ3) is 3.28.